The number of carbonyl (C=O) groups is 6. The van der Waals surface area contributed by atoms with Crippen LogP contribution in [-0.4, -0.2) is 108 Å². The van der Waals surface area contributed by atoms with Gasteiger partial charge in [-0.15, -0.1) is 0 Å². The predicted octanol–water partition coefficient (Wildman–Crippen LogP) is 10.4. The van der Waals surface area contributed by atoms with Crippen LogP contribution in [0.2, 0.25) is 10.0 Å². The zero-order chi connectivity index (χ0) is 50.9. The summed E-state index contributed by atoms with van der Waals surface area (Å²) in [4.78, 5) is 81.7. The number of benzene rings is 4. The molecule has 0 spiro atoms. The van der Waals surface area contributed by atoms with Crippen molar-refractivity contribution in [3.05, 3.63) is 117 Å². The van der Waals surface area contributed by atoms with Gasteiger partial charge in [0.25, 0.3) is 23.6 Å². The van der Waals surface area contributed by atoms with Crippen molar-refractivity contribution in [1.82, 2.24) is 20.4 Å². The number of nitrogens with one attached hydrogen (secondary N) is 4. The third-order valence-corrected chi connectivity index (χ3v) is 13.4. The van der Waals surface area contributed by atoms with Crippen LogP contribution < -0.4 is 21.3 Å². The standard InChI is InChI=1S/C53H64Cl2N10O6.2H2/c1-34-11-5-7-27-64(34)29-9-25-56-50(68)40-15-19-42(20-16-40)58-52(70)48(36(3)66)62-60-46-23-13-38(32-44(46)54)31-39-14-24-47(45(55)33-39)61-63-49(37(4)67)53(71)59-43-21-17-41(18-22-43)51(69)57-26-10-30-65-28-8-6-12-35(65)2;;/h13-24,32-35,48-49H,5-12,25-31H2,1-4H3,(H,56,68)(H,57,69)(H,58,70)(H,59,71);2*1H. The minimum atomic E-state index is -1.44. The Bertz CT molecular complexity index is 2410. The molecular weight excluding hydrogens is 944 g/mol. The van der Waals surface area contributed by atoms with Crippen molar-refractivity contribution in [2.45, 2.75) is 110 Å². The summed E-state index contributed by atoms with van der Waals surface area (Å²) < 4.78 is 0. The quantitative estimate of drug-likeness (QED) is 0.0338. The lowest BCUT2D eigenvalue weighted by Crippen LogP contribution is -2.39. The first-order valence-corrected chi connectivity index (χ1v) is 25.2. The van der Waals surface area contributed by atoms with E-state index in [1.165, 1.54) is 52.4 Å². The predicted molar refractivity (Wildman–Crippen MR) is 282 cm³/mol. The average Bonchev–Trinajstić information content (AvgIpc) is 3.34. The zero-order valence-corrected chi connectivity index (χ0v) is 42.4. The molecular formula is C53H68Cl2N10O6. The Hall–Kier alpha value is -6.20. The van der Waals surface area contributed by atoms with E-state index in [0.717, 1.165) is 50.1 Å². The summed E-state index contributed by atoms with van der Waals surface area (Å²) in [6.45, 7) is 12.2. The molecule has 16 nitrogen and oxygen atoms in total. The van der Waals surface area contributed by atoms with E-state index in [4.69, 9.17) is 23.2 Å². The first-order valence-electron chi connectivity index (χ1n) is 24.4. The molecule has 4 aromatic rings. The van der Waals surface area contributed by atoms with Gasteiger partial charge < -0.3 is 31.1 Å². The van der Waals surface area contributed by atoms with Crippen LogP contribution >= 0.6 is 23.2 Å². The van der Waals surface area contributed by atoms with Crippen LogP contribution in [0.25, 0.3) is 0 Å². The molecule has 4 atom stereocenters. The number of halogens is 2. The van der Waals surface area contributed by atoms with Gasteiger partial charge in [0.1, 0.15) is 11.4 Å². The van der Waals surface area contributed by atoms with Gasteiger partial charge in [-0.05, 0) is 170 Å². The Kier molecular flexibility index (Phi) is 20.5. The molecule has 2 heterocycles. The topological polar surface area (TPSA) is 206 Å². The number of nitrogens with zero attached hydrogens (tertiary/aromatic N) is 6. The summed E-state index contributed by atoms with van der Waals surface area (Å²) >= 11 is 13.2. The minimum Gasteiger partial charge on any atom is -0.352 e. The first-order chi connectivity index (χ1) is 34.1. The largest absolute Gasteiger partial charge is 0.352 e. The molecule has 0 aliphatic carbocycles. The van der Waals surface area contributed by atoms with Crippen molar-refractivity contribution < 1.29 is 31.6 Å². The molecule has 2 aliphatic rings. The smallest absolute Gasteiger partial charge is 0.258 e. The number of likely N-dealkylation sites (tertiary alicyclic amines) is 2. The van der Waals surface area contributed by atoms with E-state index in [0.29, 0.717) is 54.1 Å². The summed E-state index contributed by atoms with van der Waals surface area (Å²) in [5, 5.41) is 28.1. The van der Waals surface area contributed by atoms with Crippen molar-refractivity contribution in [2.24, 2.45) is 20.5 Å². The first kappa shape index (κ1) is 54.1. The molecule has 2 fully saturated rings. The lowest BCUT2D eigenvalue weighted by atomic mass is 10.0. The molecule has 4 amide bonds. The second-order valence-corrected chi connectivity index (χ2v) is 19.1. The average molecular weight is 1010 g/mol. The molecule has 0 bridgehead atoms. The number of azo groups is 2. The molecule has 2 saturated heterocycles. The van der Waals surface area contributed by atoms with Crippen LogP contribution in [0, 0.1) is 0 Å². The van der Waals surface area contributed by atoms with Gasteiger partial charge in [0.2, 0.25) is 12.1 Å². The summed E-state index contributed by atoms with van der Waals surface area (Å²) in [5.74, 6) is -2.84. The highest BCUT2D eigenvalue weighted by atomic mass is 35.5. The minimum absolute atomic E-state index is 0. The Balaban J connectivity index is 0.00000578. The maximum atomic E-state index is 13.1. The molecule has 18 heteroatoms. The van der Waals surface area contributed by atoms with Gasteiger partial charge in [0.15, 0.2) is 11.6 Å². The zero-order valence-electron chi connectivity index (χ0n) is 40.9. The lowest BCUT2D eigenvalue weighted by Gasteiger charge is -2.33. The molecule has 380 valence electrons. The highest BCUT2D eigenvalue weighted by Gasteiger charge is 2.25. The number of Topliss-reactive ketones (excluding diaryl/α,β-unsaturated/α-hetero) is 2. The van der Waals surface area contributed by atoms with E-state index >= 15 is 0 Å². The molecule has 0 saturated carbocycles. The van der Waals surface area contributed by atoms with Crippen molar-refractivity contribution >= 4 is 81.1 Å². The second-order valence-electron chi connectivity index (χ2n) is 18.3. The van der Waals surface area contributed by atoms with Crippen LogP contribution in [0.1, 0.15) is 114 Å². The van der Waals surface area contributed by atoms with Gasteiger partial charge in [0, 0.05) is 63.6 Å². The van der Waals surface area contributed by atoms with Crippen molar-refractivity contribution in [1.29, 1.82) is 0 Å². The number of rotatable bonds is 22. The Labute approximate surface area is 428 Å². The van der Waals surface area contributed by atoms with Crippen LogP contribution in [0.5, 0.6) is 0 Å². The van der Waals surface area contributed by atoms with Gasteiger partial charge in [-0.25, -0.2) is 0 Å². The fourth-order valence-electron chi connectivity index (χ4n) is 8.58. The number of ketones is 2. The van der Waals surface area contributed by atoms with E-state index in [-0.39, 0.29) is 36.1 Å². The monoisotopic (exact) mass is 1010 g/mol. The maximum absolute atomic E-state index is 13.1. The molecule has 4 aromatic carbocycles. The summed E-state index contributed by atoms with van der Waals surface area (Å²) in [5.41, 5.74) is 3.76. The molecule has 4 unspecified atom stereocenters. The molecule has 4 N–H and O–H groups in total. The highest BCUT2D eigenvalue weighted by molar-refractivity contribution is 6.33. The van der Waals surface area contributed by atoms with E-state index < -0.39 is 35.5 Å². The third kappa shape index (κ3) is 16.4. The second kappa shape index (κ2) is 26.9. The number of hydrogen-bond donors (Lipinski definition) is 4. The van der Waals surface area contributed by atoms with Gasteiger partial charge in [-0.3, -0.25) is 28.8 Å². The molecule has 0 aromatic heterocycles. The van der Waals surface area contributed by atoms with Crippen molar-refractivity contribution in [3.8, 4) is 0 Å². The number of piperidine rings is 2. The summed E-state index contributed by atoms with van der Waals surface area (Å²) in [6.07, 6.45) is 9.52. The number of carbonyl (C=O) groups excluding carboxylic acids is 6. The van der Waals surface area contributed by atoms with Gasteiger partial charge in [0.05, 0.1) is 10.0 Å². The molecule has 71 heavy (non-hydrogen) atoms. The van der Waals surface area contributed by atoms with E-state index in [1.807, 2.05) is 0 Å². The summed E-state index contributed by atoms with van der Waals surface area (Å²) in [7, 11) is 0. The number of amides is 4. The Morgan fingerprint density at radius 2 is 0.986 bits per heavy atom. The van der Waals surface area contributed by atoms with Gasteiger partial charge in [-0.2, -0.15) is 20.5 Å². The molecule has 6 rings (SSSR count). The maximum Gasteiger partial charge on any atom is 0.258 e. The van der Waals surface area contributed by atoms with Gasteiger partial charge >= 0.3 is 0 Å². The third-order valence-electron chi connectivity index (χ3n) is 12.8. The summed E-state index contributed by atoms with van der Waals surface area (Å²) in [6, 6.07) is 21.2. The molecule has 2 aliphatic heterocycles. The SMILES string of the molecule is CC(=O)C(N=Nc1ccc(Cc2ccc(N=NC(C(C)=O)C(=O)Nc3ccc(C(=O)NCCCN4CCCCC4C)cc3)c(Cl)c2)cc1Cl)C(=O)Nc1ccc(C(=O)NCCCN2CCCCC2C)cc1.[HH].[HH]. The Morgan fingerprint density at radius 3 is 1.34 bits per heavy atom. The van der Waals surface area contributed by atoms with Crippen molar-refractivity contribution in [3.63, 3.8) is 0 Å². The highest BCUT2D eigenvalue weighted by Crippen LogP contribution is 2.31. The number of anilines is 2. The lowest BCUT2D eigenvalue weighted by molar-refractivity contribution is -0.127. The van der Waals surface area contributed by atoms with Crippen LogP contribution in [0.15, 0.2) is 105 Å². The van der Waals surface area contributed by atoms with Crippen LogP contribution in [0.4, 0.5) is 22.7 Å². The normalized spacial score (nSPS) is 17.4. The van der Waals surface area contributed by atoms with E-state index in [2.05, 4.69) is 65.4 Å². The number of hydrogen-bond acceptors (Lipinski definition) is 12. The van der Waals surface area contributed by atoms with E-state index in [9.17, 15) is 28.8 Å². The van der Waals surface area contributed by atoms with Crippen molar-refractivity contribution in [2.75, 3.05) is 49.9 Å². The Morgan fingerprint density at radius 1 is 0.592 bits per heavy atom. The van der Waals surface area contributed by atoms with Crippen LogP contribution in [0.3, 0.4) is 0 Å². The fourth-order valence-corrected chi connectivity index (χ4v) is 9.06. The van der Waals surface area contributed by atoms with Gasteiger partial charge in [-0.1, -0.05) is 48.2 Å². The fraction of sp³-hybridized carbons (Fsp3) is 0.434. The van der Waals surface area contributed by atoms with Crippen LogP contribution in [-0.2, 0) is 25.6 Å². The molecule has 0 radical (unpaired) electrons. The van der Waals surface area contributed by atoms with E-state index in [1.54, 1.807) is 84.9 Å².